The normalized spacial score (nSPS) is 33.0. The quantitative estimate of drug-likeness (QED) is 0.854. The van der Waals surface area contributed by atoms with E-state index in [4.69, 9.17) is 10.5 Å². The van der Waals surface area contributed by atoms with Gasteiger partial charge in [0.15, 0.2) is 0 Å². The number of fused-ring (bicyclic) bond motifs is 2. The summed E-state index contributed by atoms with van der Waals surface area (Å²) in [7, 11) is 4.23. The SMILES string of the molecule is CN(C)CC1(c2ccc(C(=O)NC3C4CCC(O4)C3N)cc2)CC1. The van der Waals surface area contributed by atoms with E-state index in [2.05, 4.69) is 36.4 Å². The van der Waals surface area contributed by atoms with Crippen molar-refractivity contribution in [3.63, 3.8) is 0 Å². The minimum Gasteiger partial charge on any atom is -0.371 e. The average molecular weight is 329 g/mol. The number of nitrogens with two attached hydrogens (primary N) is 1. The van der Waals surface area contributed by atoms with Crippen molar-refractivity contribution < 1.29 is 9.53 Å². The molecule has 1 aromatic carbocycles. The smallest absolute Gasteiger partial charge is 0.251 e. The molecular weight excluding hydrogens is 302 g/mol. The minimum absolute atomic E-state index is 0.0457. The Morgan fingerprint density at radius 2 is 1.92 bits per heavy atom. The van der Waals surface area contributed by atoms with Crippen LogP contribution >= 0.6 is 0 Å². The molecule has 4 rings (SSSR count). The predicted molar refractivity (Wildman–Crippen MR) is 93.0 cm³/mol. The van der Waals surface area contributed by atoms with Crippen LogP contribution in [-0.2, 0) is 10.2 Å². The molecule has 5 nitrogen and oxygen atoms in total. The van der Waals surface area contributed by atoms with Crippen molar-refractivity contribution in [2.24, 2.45) is 5.73 Å². The Hall–Kier alpha value is -1.43. The van der Waals surface area contributed by atoms with Crippen LogP contribution in [0, 0.1) is 0 Å². The predicted octanol–water partition coefficient (Wildman–Crippen LogP) is 1.27. The number of carbonyl (C=O) groups is 1. The molecule has 0 radical (unpaired) electrons. The van der Waals surface area contributed by atoms with Gasteiger partial charge in [-0.25, -0.2) is 0 Å². The number of likely N-dealkylation sites (N-methyl/N-ethyl adjacent to an activating group) is 1. The number of carbonyl (C=O) groups excluding carboxylic acids is 1. The fourth-order valence-electron chi connectivity index (χ4n) is 4.41. The van der Waals surface area contributed by atoms with Crippen molar-refractivity contribution in [1.29, 1.82) is 0 Å². The summed E-state index contributed by atoms with van der Waals surface area (Å²) in [6.07, 6.45) is 4.67. The van der Waals surface area contributed by atoms with Crippen LogP contribution in [0.3, 0.4) is 0 Å². The first-order chi connectivity index (χ1) is 11.5. The third-order valence-corrected chi connectivity index (χ3v) is 5.86. The zero-order valence-corrected chi connectivity index (χ0v) is 14.5. The maximum Gasteiger partial charge on any atom is 0.251 e. The summed E-state index contributed by atoms with van der Waals surface area (Å²) in [4.78, 5) is 14.8. The second-order valence-electron chi connectivity index (χ2n) is 7.96. The first-order valence-corrected chi connectivity index (χ1v) is 8.96. The number of rotatable bonds is 5. The third kappa shape index (κ3) is 2.75. The second kappa shape index (κ2) is 5.83. The number of hydrogen-bond acceptors (Lipinski definition) is 4. The van der Waals surface area contributed by atoms with Crippen molar-refractivity contribution in [2.45, 2.75) is 55.4 Å². The molecule has 130 valence electrons. The maximum atomic E-state index is 12.5. The minimum atomic E-state index is -0.0817. The first kappa shape index (κ1) is 16.1. The Bertz CT molecular complexity index is 622. The van der Waals surface area contributed by atoms with Gasteiger partial charge in [-0.15, -0.1) is 0 Å². The van der Waals surface area contributed by atoms with Gasteiger partial charge in [0.1, 0.15) is 0 Å². The van der Waals surface area contributed by atoms with Gasteiger partial charge in [0.2, 0.25) is 0 Å². The highest BCUT2D eigenvalue weighted by Crippen LogP contribution is 2.48. The molecule has 3 fully saturated rings. The van der Waals surface area contributed by atoms with Crippen LogP contribution in [0.15, 0.2) is 24.3 Å². The van der Waals surface area contributed by atoms with Crippen molar-refractivity contribution >= 4 is 5.91 Å². The van der Waals surface area contributed by atoms with Gasteiger partial charge in [0.05, 0.1) is 24.3 Å². The molecule has 1 aliphatic carbocycles. The average Bonchev–Trinajstić information content (AvgIpc) is 3.06. The van der Waals surface area contributed by atoms with E-state index < -0.39 is 0 Å². The van der Waals surface area contributed by atoms with Gasteiger partial charge in [-0.3, -0.25) is 4.79 Å². The highest BCUT2D eigenvalue weighted by molar-refractivity contribution is 5.94. The highest BCUT2D eigenvalue weighted by atomic mass is 16.5. The van der Waals surface area contributed by atoms with E-state index in [1.807, 2.05) is 12.1 Å². The molecule has 0 spiro atoms. The Morgan fingerprint density at radius 1 is 1.25 bits per heavy atom. The summed E-state index contributed by atoms with van der Waals surface area (Å²) in [5.74, 6) is -0.0457. The molecule has 5 heteroatoms. The van der Waals surface area contributed by atoms with E-state index in [1.165, 1.54) is 18.4 Å². The van der Waals surface area contributed by atoms with Crippen LogP contribution in [0.25, 0.3) is 0 Å². The van der Waals surface area contributed by atoms with Crippen LogP contribution in [0.2, 0.25) is 0 Å². The molecule has 1 saturated carbocycles. The van der Waals surface area contributed by atoms with Crippen LogP contribution in [-0.4, -0.2) is 55.7 Å². The topological polar surface area (TPSA) is 67.6 Å². The lowest BCUT2D eigenvalue weighted by Crippen LogP contribution is -2.53. The van der Waals surface area contributed by atoms with Gasteiger partial charge >= 0.3 is 0 Å². The first-order valence-electron chi connectivity index (χ1n) is 8.96. The number of amides is 1. The van der Waals surface area contributed by atoms with Crippen molar-refractivity contribution in [3.8, 4) is 0 Å². The number of hydrogen-bond donors (Lipinski definition) is 2. The van der Waals surface area contributed by atoms with Gasteiger partial charge < -0.3 is 20.7 Å². The Morgan fingerprint density at radius 3 is 2.46 bits per heavy atom. The van der Waals surface area contributed by atoms with Crippen LogP contribution in [0.5, 0.6) is 0 Å². The number of ether oxygens (including phenoxy) is 1. The molecule has 2 aliphatic heterocycles. The summed E-state index contributed by atoms with van der Waals surface area (Å²) >= 11 is 0. The second-order valence-corrected chi connectivity index (χ2v) is 7.96. The number of benzene rings is 1. The fraction of sp³-hybridized carbons (Fsp3) is 0.632. The van der Waals surface area contributed by atoms with Gasteiger partial charge in [-0.1, -0.05) is 12.1 Å². The molecule has 24 heavy (non-hydrogen) atoms. The lowest BCUT2D eigenvalue weighted by molar-refractivity contribution is 0.0838. The molecule has 3 aliphatic rings. The summed E-state index contributed by atoms with van der Waals surface area (Å²) in [6, 6.07) is 7.98. The molecule has 2 heterocycles. The van der Waals surface area contributed by atoms with Crippen molar-refractivity contribution in [3.05, 3.63) is 35.4 Å². The van der Waals surface area contributed by atoms with E-state index in [0.717, 1.165) is 19.4 Å². The Labute approximate surface area is 143 Å². The van der Waals surface area contributed by atoms with Gasteiger partial charge in [0.25, 0.3) is 5.91 Å². The summed E-state index contributed by atoms with van der Waals surface area (Å²) < 4.78 is 5.80. The largest absolute Gasteiger partial charge is 0.371 e. The molecule has 3 N–H and O–H groups in total. The summed E-state index contributed by atoms with van der Waals surface area (Å²) in [6.45, 7) is 1.07. The molecule has 2 bridgehead atoms. The number of nitrogens with one attached hydrogen (secondary N) is 1. The zero-order chi connectivity index (χ0) is 16.9. The third-order valence-electron chi connectivity index (χ3n) is 5.86. The highest BCUT2D eigenvalue weighted by Gasteiger charge is 2.48. The molecule has 2 saturated heterocycles. The van der Waals surface area contributed by atoms with E-state index in [-0.39, 0.29) is 30.2 Å². The molecular formula is C19H27N3O2. The molecule has 4 atom stereocenters. The molecule has 4 unspecified atom stereocenters. The van der Waals surface area contributed by atoms with Crippen molar-refractivity contribution in [1.82, 2.24) is 10.2 Å². The lowest BCUT2D eigenvalue weighted by atomic mass is 9.90. The van der Waals surface area contributed by atoms with Gasteiger partial charge in [-0.05, 0) is 57.5 Å². The molecule has 0 aromatic heterocycles. The van der Waals surface area contributed by atoms with E-state index >= 15 is 0 Å². The number of nitrogens with zero attached hydrogens (tertiary/aromatic N) is 1. The van der Waals surface area contributed by atoms with Crippen molar-refractivity contribution in [2.75, 3.05) is 20.6 Å². The molecule has 1 amide bonds. The standard InChI is InChI=1S/C19H27N3O2/c1-22(2)11-19(9-10-19)13-5-3-12(4-6-13)18(23)21-17-15-8-7-14(24-15)16(17)20/h3-6,14-17H,7-11,20H2,1-2H3,(H,21,23). The van der Waals surface area contributed by atoms with Crippen LogP contribution in [0.4, 0.5) is 0 Å². The van der Waals surface area contributed by atoms with E-state index in [0.29, 0.717) is 11.0 Å². The van der Waals surface area contributed by atoms with Gasteiger partial charge in [-0.2, -0.15) is 0 Å². The summed E-state index contributed by atoms with van der Waals surface area (Å²) in [5, 5.41) is 3.09. The van der Waals surface area contributed by atoms with E-state index in [9.17, 15) is 4.79 Å². The fourth-order valence-corrected chi connectivity index (χ4v) is 4.41. The van der Waals surface area contributed by atoms with Crippen LogP contribution < -0.4 is 11.1 Å². The van der Waals surface area contributed by atoms with Gasteiger partial charge in [0, 0.05) is 17.5 Å². The Kier molecular flexibility index (Phi) is 3.90. The summed E-state index contributed by atoms with van der Waals surface area (Å²) in [5.41, 5.74) is 8.52. The lowest BCUT2D eigenvalue weighted by Gasteiger charge is -2.26. The maximum absolute atomic E-state index is 12.5. The Balaban J connectivity index is 1.43. The van der Waals surface area contributed by atoms with Crippen LogP contribution in [0.1, 0.15) is 41.6 Å². The molecule has 1 aromatic rings. The monoisotopic (exact) mass is 329 g/mol. The van der Waals surface area contributed by atoms with E-state index in [1.54, 1.807) is 0 Å². The zero-order valence-electron chi connectivity index (χ0n) is 14.5.